The van der Waals surface area contributed by atoms with Crippen LogP contribution in [0.3, 0.4) is 0 Å². The minimum atomic E-state index is 0.0185. The number of thioether (sulfide) groups is 1. The van der Waals surface area contributed by atoms with E-state index in [0.717, 1.165) is 42.6 Å². The number of imidazole rings is 1. The maximum atomic E-state index is 9.52. The van der Waals surface area contributed by atoms with Gasteiger partial charge in [0.25, 0.3) is 0 Å². The fourth-order valence-electron chi connectivity index (χ4n) is 2.73. The van der Waals surface area contributed by atoms with Gasteiger partial charge in [-0.1, -0.05) is 36.0 Å². The summed E-state index contributed by atoms with van der Waals surface area (Å²) in [5.74, 6) is 0.889. The van der Waals surface area contributed by atoms with Gasteiger partial charge in [-0.25, -0.2) is 4.98 Å². The summed E-state index contributed by atoms with van der Waals surface area (Å²) in [4.78, 5) is 4.48. The van der Waals surface area contributed by atoms with Gasteiger partial charge in [0.2, 0.25) is 0 Å². The number of rotatable bonds is 6. The minimum Gasteiger partial charge on any atom is -0.390 e. The molecule has 1 fully saturated rings. The van der Waals surface area contributed by atoms with Crippen LogP contribution < -0.4 is 0 Å². The average Bonchev–Trinajstić information content (AvgIpc) is 3.17. The van der Waals surface area contributed by atoms with Crippen LogP contribution in [0.25, 0.3) is 0 Å². The standard InChI is InChI=1S/C17H22N2O2S/c1-13-5-2-3-6-14(13)12-22-17-18-9-15(11-20)19(17)10-16-7-4-8-21-16/h2-3,5-6,9,16,20H,4,7-8,10-12H2,1H3. The molecule has 2 aromatic rings. The molecule has 1 unspecified atom stereocenters. The van der Waals surface area contributed by atoms with E-state index in [1.165, 1.54) is 11.1 Å². The number of hydrogen-bond acceptors (Lipinski definition) is 4. The van der Waals surface area contributed by atoms with E-state index < -0.39 is 0 Å². The quantitative estimate of drug-likeness (QED) is 0.831. The van der Waals surface area contributed by atoms with Gasteiger partial charge in [0.05, 0.1) is 31.1 Å². The van der Waals surface area contributed by atoms with Gasteiger partial charge in [0.15, 0.2) is 5.16 Å². The van der Waals surface area contributed by atoms with E-state index >= 15 is 0 Å². The molecule has 1 N–H and O–H groups in total. The van der Waals surface area contributed by atoms with Crippen molar-refractivity contribution in [3.8, 4) is 0 Å². The summed E-state index contributed by atoms with van der Waals surface area (Å²) in [6, 6.07) is 8.42. The molecule has 118 valence electrons. The van der Waals surface area contributed by atoms with Crippen molar-refractivity contribution in [1.29, 1.82) is 0 Å². The van der Waals surface area contributed by atoms with Crippen LogP contribution in [0.1, 0.15) is 29.7 Å². The van der Waals surface area contributed by atoms with Gasteiger partial charge in [-0.3, -0.25) is 0 Å². The second-order valence-electron chi connectivity index (χ2n) is 5.65. The van der Waals surface area contributed by atoms with Crippen LogP contribution in [0.15, 0.2) is 35.6 Å². The van der Waals surface area contributed by atoms with E-state index in [-0.39, 0.29) is 12.7 Å². The van der Waals surface area contributed by atoms with Crippen LogP contribution in [-0.2, 0) is 23.6 Å². The highest BCUT2D eigenvalue weighted by Gasteiger charge is 2.19. The Labute approximate surface area is 135 Å². The van der Waals surface area contributed by atoms with Crippen LogP contribution in [0.2, 0.25) is 0 Å². The monoisotopic (exact) mass is 318 g/mol. The van der Waals surface area contributed by atoms with Crippen molar-refractivity contribution in [3.63, 3.8) is 0 Å². The Kier molecular flexibility index (Phi) is 5.18. The van der Waals surface area contributed by atoms with E-state index in [2.05, 4.69) is 40.7 Å². The number of ether oxygens (including phenoxy) is 1. The molecule has 1 aromatic heterocycles. The largest absolute Gasteiger partial charge is 0.390 e. The highest BCUT2D eigenvalue weighted by Crippen LogP contribution is 2.26. The molecule has 0 bridgehead atoms. The molecule has 0 aliphatic carbocycles. The molecule has 0 radical (unpaired) electrons. The Morgan fingerprint density at radius 2 is 2.27 bits per heavy atom. The summed E-state index contributed by atoms with van der Waals surface area (Å²) in [7, 11) is 0. The summed E-state index contributed by atoms with van der Waals surface area (Å²) in [5.41, 5.74) is 3.49. The number of aliphatic hydroxyl groups excluding tert-OH is 1. The fraction of sp³-hybridized carbons (Fsp3) is 0.471. The van der Waals surface area contributed by atoms with E-state index in [1.807, 2.05) is 0 Å². The molecule has 3 rings (SSSR count). The maximum Gasteiger partial charge on any atom is 0.168 e. The second-order valence-corrected chi connectivity index (χ2v) is 6.59. The Morgan fingerprint density at radius 3 is 3.00 bits per heavy atom. The number of benzene rings is 1. The normalized spacial score (nSPS) is 18.0. The van der Waals surface area contributed by atoms with Crippen molar-refractivity contribution in [1.82, 2.24) is 9.55 Å². The molecule has 2 heterocycles. The first kappa shape index (κ1) is 15.6. The van der Waals surface area contributed by atoms with Crippen molar-refractivity contribution in [2.24, 2.45) is 0 Å². The van der Waals surface area contributed by atoms with Gasteiger partial charge in [0.1, 0.15) is 0 Å². The Hall–Kier alpha value is -1.30. The molecule has 1 aliphatic heterocycles. The summed E-state index contributed by atoms with van der Waals surface area (Å²) in [5, 5.41) is 10.5. The lowest BCUT2D eigenvalue weighted by Crippen LogP contribution is -2.17. The zero-order chi connectivity index (χ0) is 15.4. The number of nitrogens with zero attached hydrogens (tertiary/aromatic N) is 2. The predicted molar refractivity (Wildman–Crippen MR) is 87.9 cm³/mol. The first-order chi connectivity index (χ1) is 10.8. The maximum absolute atomic E-state index is 9.52. The van der Waals surface area contributed by atoms with Crippen LogP contribution in [0, 0.1) is 6.92 Å². The zero-order valence-corrected chi connectivity index (χ0v) is 13.7. The lowest BCUT2D eigenvalue weighted by atomic mass is 10.1. The smallest absolute Gasteiger partial charge is 0.168 e. The Balaban J connectivity index is 1.72. The summed E-state index contributed by atoms with van der Waals surface area (Å²) < 4.78 is 7.83. The molecule has 4 nitrogen and oxygen atoms in total. The van der Waals surface area contributed by atoms with Gasteiger partial charge < -0.3 is 14.4 Å². The number of aliphatic hydroxyl groups is 1. The lowest BCUT2D eigenvalue weighted by molar-refractivity contribution is 0.0930. The predicted octanol–water partition coefficient (Wildman–Crippen LogP) is 3.16. The molecule has 5 heteroatoms. The molecule has 22 heavy (non-hydrogen) atoms. The van der Waals surface area contributed by atoms with E-state index in [0.29, 0.717) is 0 Å². The Morgan fingerprint density at radius 1 is 1.41 bits per heavy atom. The van der Waals surface area contributed by atoms with E-state index in [9.17, 15) is 5.11 Å². The summed E-state index contributed by atoms with van der Waals surface area (Å²) in [6.07, 6.45) is 4.23. The molecule has 0 saturated carbocycles. The van der Waals surface area contributed by atoms with Crippen LogP contribution in [0.5, 0.6) is 0 Å². The highest BCUT2D eigenvalue weighted by atomic mass is 32.2. The SMILES string of the molecule is Cc1ccccc1CSc1ncc(CO)n1CC1CCCO1. The molecular formula is C17H22N2O2S. The van der Waals surface area contributed by atoms with Crippen molar-refractivity contribution < 1.29 is 9.84 Å². The highest BCUT2D eigenvalue weighted by molar-refractivity contribution is 7.98. The molecular weight excluding hydrogens is 296 g/mol. The lowest BCUT2D eigenvalue weighted by Gasteiger charge is -2.15. The fourth-order valence-corrected chi connectivity index (χ4v) is 3.82. The first-order valence-corrected chi connectivity index (χ1v) is 8.70. The third-order valence-electron chi connectivity index (χ3n) is 4.09. The molecule has 1 aliphatic rings. The van der Waals surface area contributed by atoms with Crippen LogP contribution in [0.4, 0.5) is 0 Å². The van der Waals surface area contributed by atoms with Gasteiger partial charge in [0, 0.05) is 12.4 Å². The Bertz CT molecular complexity index is 621. The van der Waals surface area contributed by atoms with Gasteiger partial charge in [-0.2, -0.15) is 0 Å². The van der Waals surface area contributed by atoms with Crippen LogP contribution >= 0.6 is 11.8 Å². The van der Waals surface area contributed by atoms with Gasteiger partial charge >= 0.3 is 0 Å². The van der Waals surface area contributed by atoms with E-state index in [1.54, 1.807) is 18.0 Å². The number of aromatic nitrogens is 2. The third kappa shape index (κ3) is 3.54. The molecule has 0 spiro atoms. The number of hydrogen-bond donors (Lipinski definition) is 1. The molecule has 1 saturated heterocycles. The van der Waals surface area contributed by atoms with Crippen molar-refractivity contribution in [2.75, 3.05) is 6.61 Å². The summed E-state index contributed by atoms with van der Waals surface area (Å²) >= 11 is 1.72. The second kappa shape index (κ2) is 7.31. The number of aryl methyl sites for hydroxylation is 1. The van der Waals surface area contributed by atoms with Gasteiger partial charge in [-0.05, 0) is 30.9 Å². The zero-order valence-electron chi connectivity index (χ0n) is 12.9. The minimum absolute atomic E-state index is 0.0185. The third-order valence-corrected chi connectivity index (χ3v) is 5.13. The van der Waals surface area contributed by atoms with Crippen molar-refractivity contribution in [2.45, 2.75) is 49.9 Å². The average molecular weight is 318 g/mol. The molecule has 1 aromatic carbocycles. The van der Waals surface area contributed by atoms with Crippen molar-refractivity contribution in [3.05, 3.63) is 47.3 Å². The summed E-state index contributed by atoms with van der Waals surface area (Å²) in [6.45, 7) is 3.78. The molecule has 1 atom stereocenters. The van der Waals surface area contributed by atoms with Crippen LogP contribution in [-0.4, -0.2) is 27.4 Å². The van der Waals surface area contributed by atoms with E-state index in [4.69, 9.17) is 4.74 Å². The van der Waals surface area contributed by atoms with Crippen molar-refractivity contribution >= 4 is 11.8 Å². The topological polar surface area (TPSA) is 47.3 Å². The molecule has 0 amide bonds. The first-order valence-electron chi connectivity index (χ1n) is 7.72. The van der Waals surface area contributed by atoms with Gasteiger partial charge in [-0.15, -0.1) is 0 Å².